The molecule has 0 saturated heterocycles. The maximum absolute atomic E-state index is 12.8. The van der Waals surface area contributed by atoms with E-state index in [1.807, 2.05) is 18.2 Å². The van der Waals surface area contributed by atoms with Crippen molar-refractivity contribution in [3.8, 4) is 0 Å². The molecule has 0 radical (unpaired) electrons. The summed E-state index contributed by atoms with van der Waals surface area (Å²) >= 11 is 0. The van der Waals surface area contributed by atoms with Gasteiger partial charge in [0.05, 0.1) is 12.0 Å². The Labute approximate surface area is 151 Å². The zero-order chi connectivity index (χ0) is 19.2. The third kappa shape index (κ3) is 5.88. The number of halogens is 3. The summed E-state index contributed by atoms with van der Waals surface area (Å²) in [6.07, 6.45) is -4.52. The molecule has 6 heteroatoms. The molecule has 2 rings (SSSR count). The molecular formula is C20H23F3N2O. The number of carbonyl (C=O) groups excluding carboxylic acids is 1. The molecule has 0 spiro atoms. The molecule has 0 aliphatic rings. The predicted molar refractivity (Wildman–Crippen MR) is 96.8 cm³/mol. The lowest BCUT2D eigenvalue weighted by molar-refractivity contribution is -0.137. The number of hydrogen-bond acceptors (Lipinski definition) is 2. The molecule has 0 unspecified atom stereocenters. The van der Waals surface area contributed by atoms with E-state index < -0.39 is 11.7 Å². The molecule has 2 aromatic rings. The number of benzene rings is 2. The standard InChI is InChI=1S/C20H23F3N2O/c1-3-25(4-2)14-16-8-6-10-18(12-16)24-19(26)13-15-7-5-9-17(11-15)20(21,22)23/h5-12H,3-4,13-14H2,1-2H3,(H,24,26). The van der Waals surface area contributed by atoms with Gasteiger partial charge in [0.1, 0.15) is 0 Å². The fourth-order valence-corrected chi connectivity index (χ4v) is 2.70. The second kappa shape index (κ2) is 8.85. The van der Waals surface area contributed by atoms with Crippen molar-refractivity contribution in [1.29, 1.82) is 0 Å². The van der Waals surface area contributed by atoms with Crippen molar-refractivity contribution in [1.82, 2.24) is 4.90 Å². The van der Waals surface area contributed by atoms with E-state index in [1.165, 1.54) is 12.1 Å². The van der Waals surface area contributed by atoms with Crippen LogP contribution in [0.15, 0.2) is 48.5 Å². The molecule has 0 fully saturated rings. The van der Waals surface area contributed by atoms with Crippen LogP contribution in [0.2, 0.25) is 0 Å². The van der Waals surface area contributed by atoms with Gasteiger partial charge in [0.2, 0.25) is 5.91 Å². The van der Waals surface area contributed by atoms with Crippen molar-refractivity contribution in [2.24, 2.45) is 0 Å². The number of nitrogens with one attached hydrogen (secondary N) is 1. The van der Waals surface area contributed by atoms with Gasteiger partial charge in [-0.3, -0.25) is 9.69 Å². The number of alkyl halides is 3. The van der Waals surface area contributed by atoms with Crippen LogP contribution in [-0.4, -0.2) is 23.9 Å². The Morgan fingerprint density at radius 1 is 1.00 bits per heavy atom. The lowest BCUT2D eigenvalue weighted by Crippen LogP contribution is -2.22. The van der Waals surface area contributed by atoms with Gasteiger partial charge in [-0.1, -0.05) is 44.2 Å². The van der Waals surface area contributed by atoms with Crippen molar-refractivity contribution >= 4 is 11.6 Å². The summed E-state index contributed by atoms with van der Waals surface area (Å²) in [5.74, 6) is -0.343. The first kappa shape index (κ1) is 20.0. The van der Waals surface area contributed by atoms with Gasteiger partial charge in [0.25, 0.3) is 0 Å². The van der Waals surface area contributed by atoms with Crippen LogP contribution in [0.1, 0.15) is 30.5 Å². The molecule has 140 valence electrons. The molecule has 0 aliphatic heterocycles. The maximum atomic E-state index is 12.8. The van der Waals surface area contributed by atoms with Crippen LogP contribution in [0.5, 0.6) is 0 Å². The smallest absolute Gasteiger partial charge is 0.326 e. The SMILES string of the molecule is CCN(CC)Cc1cccc(NC(=O)Cc2cccc(C(F)(F)F)c2)c1. The second-order valence-electron chi connectivity index (χ2n) is 6.08. The van der Waals surface area contributed by atoms with E-state index in [2.05, 4.69) is 24.1 Å². The Hall–Kier alpha value is -2.34. The van der Waals surface area contributed by atoms with Crippen molar-refractivity contribution in [2.45, 2.75) is 33.0 Å². The molecule has 0 atom stereocenters. The van der Waals surface area contributed by atoms with Crippen molar-refractivity contribution in [2.75, 3.05) is 18.4 Å². The molecule has 0 heterocycles. The fourth-order valence-electron chi connectivity index (χ4n) is 2.70. The summed E-state index contributed by atoms with van der Waals surface area (Å²) in [5, 5.41) is 2.76. The molecular weight excluding hydrogens is 341 g/mol. The number of amides is 1. The van der Waals surface area contributed by atoms with Gasteiger partial charge in [-0.2, -0.15) is 13.2 Å². The summed E-state index contributed by atoms with van der Waals surface area (Å²) in [4.78, 5) is 14.4. The number of carbonyl (C=O) groups is 1. The Kier molecular flexibility index (Phi) is 6.80. The van der Waals surface area contributed by atoms with E-state index in [0.717, 1.165) is 37.3 Å². The van der Waals surface area contributed by atoms with Crippen LogP contribution in [-0.2, 0) is 23.9 Å². The minimum atomic E-state index is -4.41. The summed E-state index contributed by atoms with van der Waals surface area (Å²) < 4.78 is 38.3. The van der Waals surface area contributed by atoms with E-state index in [0.29, 0.717) is 11.3 Å². The van der Waals surface area contributed by atoms with Gasteiger partial charge >= 0.3 is 6.18 Å². The van der Waals surface area contributed by atoms with Crippen molar-refractivity contribution in [3.05, 3.63) is 65.2 Å². The van der Waals surface area contributed by atoms with E-state index >= 15 is 0 Å². The lowest BCUT2D eigenvalue weighted by atomic mass is 10.1. The molecule has 26 heavy (non-hydrogen) atoms. The summed E-state index contributed by atoms with van der Waals surface area (Å²) in [7, 11) is 0. The predicted octanol–water partition coefficient (Wildman–Crippen LogP) is 4.73. The Balaban J connectivity index is 2.02. The molecule has 0 bridgehead atoms. The van der Waals surface area contributed by atoms with E-state index in [4.69, 9.17) is 0 Å². The fraction of sp³-hybridized carbons (Fsp3) is 0.350. The van der Waals surface area contributed by atoms with Crippen LogP contribution >= 0.6 is 0 Å². The van der Waals surface area contributed by atoms with E-state index in [-0.39, 0.29) is 12.3 Å². The normalized spacial score (nSPS) is 11.6. The van der Waals surface area contributed by atoms with Gasteiger partial charge in [-0.25, -0.2) is 0 Å². The van der Waals surface area contributed by atoms with Crippen LogP contribution in [0, 0.1) is 0 Å². The molecule has 2 aromatic carbocycles. The average molecular weight is 364 g/mol. The topological polar surface area (TPSA) is 32.3 Å². The first-order valence-electron chi connectivity index (χ1n) is 8.59. The maximum Gasteiger partial charge on any atom is 0.416 e. The lowest BCUT2D eigenvalue weighted by Gasteiger charge is -2.18. The van der Waals surface area contributed by atoms with Crippen LogP contribution in [0.3, 0.4) is 0 Å². The van der Waals surface area contributed by atoms with Crippen LogP contribution < -0.4 is 5.32 Å². The first-order chi connectivity index (χ1) is 12.3. The Morgan fingerprint density at radius 2 is 1.65 bits per heavy atom. The highest BCUT2D eigenvalue weighted by molar-refractivity contribution is 5.92. The number of anilines is 1. The largest absolute Gasteiger partial charge is 0.416 e. The highest BCUT2D eigenvalue weighted by Gasteiger charge is 2.30. The monoisotopic (exact) mass is 364 g/mol. The van der Waals surface area contributed by atoms with Gasteiger partial charge in [-0.05, 0) is 42.4 Å². The first-order valence-corrected chi connectivity index (χ1v) is 8.59. The molecule has 1 N–H and O–H groups in total. The summed E-state index contributed by atoms with van der Waals surface area (Å²) in [6.45, 7) is 6.82. The average Bonchev–Trinajstić information content (AvgIpc) is 2.59. The van der Waals surface area contributed by atoms with Crippen LogP contribution in [0.4, 0.5) is 18.9 Å². The Bertz CT molecular complexity index is 740. The van der Waals surface area contributed by atoms with Gasteiger partial charge in [-0.15, -0.1) is 0 Å². The Morgan fingerprint density at radius 3 is 2.31 bits per heavy atom. The minimum Gasteiger partial charge on any atom is -0.326 e. The summed E-state index contributed by atoms with van der Waals surface area (Å²) in [5.41, 5.74) is 1.30. The molecule has 0 aliphatic carbocycles. The number of hydrogen-bond donors (Lipinski definition) is 1. The minimum absolute atomic E-state index is 0.107. The third-order valence-electron chi connectivity index (χ3n) is 4.13. The molecule has 1 amide bonds. The zero-order valence-electron chi connectivity index (χ0n) is 14.9. The molecule has 0 saturated carbocycles. The zero-order valence-corrected chi connectivity index (χ0v) is 14.9. The number of rotatable bonds is 7. The quantitative estimate of drug-likeness (QED) is 0.770. The molecule has 3 nitrogen and oxygen atoms in total. The highest BCUT2D eigenvalue weighted by Crippen LogP contribution is 2.29. The van der Waals surface area contributed by atoms with E-state index in [9.17, 15) is 18.0 Å². The van der Waals surface area contributed by atoms with Gasteiger partial charge in [0.15, 0.2) is 0 Å². The van der Waals surface area contributed by atoms with Crippen molar-refractivity contribution in [3.63, 3.8) is 0 Å². The number of nitrogens with zero attached hydrogens (tertiary/aromatic N) is 1. The van der Waals surface area contributed by atoms with E-state index in [1.54, 1.807) is 6.07 Å². The van der Waals surface area contributed by atoms with Gasteiger partial charge in [0, 0.05) is 12.2 Å². The van der Waals surface area contributed by atoms with Gasteiger partial charge < -0.3 is 5.32 Å². The third-order valence-corrected chi connectivity index (χ3v) is 4.13. The highest BCUT2D eigenvalue weighted by atomic mass is 19.4. The van der Waals surface area contributed by atoms with Crippen LogP contribution in [0.25, 0.3) is 0 Å². The summed E-state index contributed by atoms with van der Waals surface area (Å²) in [6, 6.07) is 12.4. The molecule has 0 aromatic heterocycles. The van der Waals surface area contributed by atoms with Crippen molar-refractivity contribution < 1.29 is 18.0 Å². The second-order valence-corrected chi connectivity index (χ2v) is 6.08.